The van der Waals surface area contributed by atoms with Crippen molar-refractivity contribution in [2.24, 2.45) is 0 Å². The monoisotopic (exact) mass is 312 g/mol. The lowest BCUT2D eigenvalue weighted by Crippen LogP contribution is -2.23. The highest BCUT2D eigenvalue weighted by molar-refractivity contribution is 6.02. The molecule has 3 aromatic carbocycles. The second-order valence-corrected chi connectivity index (χ2v) is 5.44. The van der Waals surface area contributed by atoms with Crippen LogP contribution in [0.25, 0.3) is 16.8 Å². The summed E-state index contributed by atoms with van der Waals surface area (Å²) in [6.45, 7) is 0.399. The Morgan fingerprint density at radius 2 is 1.67 bits per heavy atom. The van der Waals surface area contributed by atoms with Crippen LogP contribution in [0.1, 0.15) is 11.1 Å². The Morgan fingerprint density at radius 3 is 2.42 bits per heavy atom. The number of carbonyl (C=O) groups is 1. The first-order valence-corrected chi connectivity index (χ1v) is 7.69. The molecule has 0 atom stereocenters. The van der Waals surface area contributed by atoms with Gasteiger partial charge in [0.25, 0.3) is 5.91 Å². The van der Waals surface area contributed by atoms with Gasteiger partial charge in [0.2, 0.25) is 0 Å². The number of fused-ring (bicyclic) bond motifs is 1. The van der Waals surface area contributed by atoms with Crippen molar-refractivity contribution < 1.29 is 4.79 Å². The van der Waals surface area contributed by atoms with E-state index in [-0.39, 0.29) is 11.5 Å². The SMILES string of the molecule is N#CC(=Cc1ccc2ccccc2c1)C(=O)NCc1ccccc1. The molecule has 1 amide bonds. The first-order valence-electron chi connectivity index (χ1n) is 7.69. The molecule has 0 heterocycles. The fourth-order valence-corrected chi connectivity index (χ4v) is 2.49. The molecule has 0 saturated heterocycles. The van der Waals surface area contributed by atoms with Crippen LogP contribution in [0.4, 0.5) is 0 Å². The van der Waals surface area contributed by atoms with Gasteiger partial charge in [-0.15, -0.1) is 0 Å². The van der Waals surface area contributed by atoms with E-state index in [2.05, 4.69) is 5.32 Å². The molecule has 3 heteroatoms. The molecule has 24 heavy (non-hydrogen) atoms. The van der Waals surface area contributed by atoms with E-state index in [1.54, 1.807) is 6.08 Å². The minimum atomic E-state index is -0.366. The average Bonchev–Trinajstić information content (AvgIpc) is 2.65. The maximum absolute atomic E-state index is 12.2. The van der Waals surface area contributed by atoms with Crippen LogP contribution in [0, 0.1) is 11.3 Å². The van der Waals surface area contributed by atoms with Crippen molar-refractivity contribution in [3.8, 4) is 6.07 Å². The van der Waals surface area contributed by atoms with Crippen molar-refractivity contribution in [1.29, 1.82) is 5.26 Å². The number of nitrogens with zero attached hydrogens (tertiary/aromatic N) is 1. The van der Waals surface area contributed by atoms with E-state index in [0.717, 1.165) is 21.9 Å². The van der Waals surface area contributed by atoms with Crippen molar-refractivity contribution in [2.75, 3.05) is 0 Å². The predicted octanol–water partition coefficient (Wildman–Crippen LogP) is 4.06. The van der Waals surface area contributed by atoms with E-state index < -0.39 is 0 Å². The molecule has 0 radical (unpaired) electrons. The van der Waals surface area contributed by atoms with E-state index in [1.165, 1.54) is 0 Å². The van der Waals surface area contributed by atoms with Gasteiger partial charge in [-0.25, -0.2) is 0 Å². The van der Waals surface area contributed by atoms with Crippen LogP contribution in [0.3, 0.4) is 0 Å². The zero-order valence-electron chi connectivity index (χ0n) is 13.1. The number of rotatable bonds is 4. The van der Waals surface area contributed by atoms with Crippen molar-refractivity contribution in [3.05, 3.63) is 89.5 Å². The molecule has 0 bridgehead atoms. The number of hydrogen-bond donors (Lipinski definition) is 1. The van der Waals surface area contributed by atoms with E-state index in [9.17, 15) is 10.1 Å². The number of nitrogens with one attached hydrogen (secondary N) is 1. The highest BCUT2D eigenvalue weighted by atomic mass is 16.1. The van der Waals surface area contributed by atoms with Crippen molar-refractivity contribution in [2.45, 2.75) is 6.54 Å². The molecule has 0 aliphatic carbocycles. The van der Waals surface area contributed by atoms with Gasteiger partial charge in [-0.05, 0) is 34.0 Å². The highest BCUT2D eigenvalue weighted by Crippen LogP contribution is 2.17. The summed E-state index contributed by atoms with van der Waals surface area (Å²) >= 11 is 0. The van der Waals surface area contributed by atoms with Gasteiger partial charge < -0.3 is 5.32 Å². The third-order valence-corrected chi connectivity index (χ3v) is 3.75. The van der Waals surface area contributed by atoms with Crippen LogP contribution in [-0.2, 0) is 11.3 Å². The van der Waals surface area contributed by atoms with Gasteiger partial charge in [0.15, 0.2) is 0 Å². The summed E-state index contributed by atoms with van der Waals surface area (Å²) in [5.74, 6) is -0.366. The van der Waals surface area contributed by atoms with Gasteiger partial charge in [0.05, 0.1) is 0 Å². The van der Waals surface area contributed by atoms with E-state index in [0.29, 0.717) is 6.54 Å². The topological polar surface area (TPSA) is 52.9 Å². The van der Waals surface area contributed by atoms with Gasteiger partial charge in [0.1, 0.15) is 11.6 Å². The molecule has 0 aliphatic heterocycles. The van der Waals surface area contributed by atoms with E-state index >= 15 is 0 Å². The fraction of sp³-hybridized carbons (Fsp3) is 0.0476. The summed E-state index contributed by atoms with van der Waals surface area (Å²) in [5, 5.41) is 14.3. The van der Waals surface area contributed by atoms with Crippen molar-refractivity contribution in [1.82, 2.24) is 5.32 Å². The molecule has 3 aromatic rings. The zero-order chi connectivity index (χ0) is 16.8. The zero-order valence-corrected chi connectivity index (χ0v) is 13.1. The highest BCUT2D eigenvalue weighted by Gasteiger charge is 2.08. The van der Waals surface area contributed by atoms with Crippen molar-refractivity contribution in [3.63, 3.8) is 0 Å². The second-order valence-electron chi connectivity index (χ2n) is 5.44. The Kier molecular flexibility index (Phi) is 4.69. The molecular formula is C21H16N2O. The van der Waals surface area contributed by atoms with Crippen LogP contribution in [0.15, 0.2) is 78.4 Å². The smallest absolute Gasteiger partial charge is 0.262 e. The summed E-state index contributed by atoms with van der Waals surface area (Å²) in [6, 6.07) is 25.4. The molecule has 0 aliphatic rings. The lowest BCUT2D eigenvalue weighted by molar-refractivity contribution is -0.117. The van der Waals surface area contributed by atoms with Gasteiger partial charge in [-0.3, -0.25) is 4.79 Å². The molecule has 0 spiro atoms. The van der Waals surface area contributed by atoms with Crippen LogP contribution in [-0.4, -0.2) is 5.91 Å². The largest absolute Gasteiger partial charge is 0.347 e. The number of hydrogen-bond acceptors (Lipinski definition) is 2. The Labute approximate surface area is 140 Å². The molecule has 0 aromatic heterocycles. The minimum Gasteiger partial charge on any atom is -0.347 e. The summed E-state index contributed by atoms with van der Waals surface area (Å²) in [4.78, 5) is 12.2. The number of benzene rings is 3. The van der Waals surface area contributed by atoms with E-state index in [4.69, 9.17) is 0 Å². The van der Waals surface area contributed by atoms with Gasteiger partial charge in [-0.2, -0.15) is 5.26 Å². The third-order valence-electron chi connectivity index (χ3n) is 3.75. The van der Waals surface area contributed by atoms with Crippen molar-refractivity contribution >= 4 is 22.8 Å². The van der Waals surface area contributed by atoms with Crippen LogP contribution in [0.5, 0.6) is 0 Å². The van der Waals surface area contributed by atoms with Crippen LogP contribution < -0.4 is 5.32 Å². The van der Waals surface area contributed by atoms with Gasteiger partial charge in [-0.1, -0.05) is 66.7 Å². The van der Waals surface area contributed by atoms with Crippen LogP contribution in [0.2, 0.25) is 0 Å². The molecule has 3 rings (SSSR count). The van der Waals surface area contributed by atoms with Crippen LogP contribution >= 0.6 is 0 Å². The molecular weight excluding hydrogens is 296 g/mol. The summed E-state index contributed by atoms with van der Waals surface area (Å²) in [5.41, 5.74) is 1.93. The maximum Gasteiger partial charge on any atom is 0.262 e. The Balaban J connectivity index is 1.77. The van der Waals surface area contributed by atoms with Gasteiger partial charge in [0, 0.05) is 6.54 Å². The normalized spacial score (nSPS) is 11.0. The first-order chi connectivity index (χ1) is 11.8. The quantitative estimate of drug-likeness (QED) is 0.583. The lowest BCUT2D eigenvalue weighted by atomic mass is 10.0. The Bertz CT molecular complexity index is 937. The first kappa shape index (κ1) is 15.5. The number of nitriles is 1. The minimum absolute atomic E-state index is 0.0983. The molecule has 3 nitrogen and oxygen atoms in total. The third kappa shape index (κ3) is 3.68. The number of amides is 1. The fourth-order valence-electron chi connectivity index (χ4n) is 2.49. The Hall–Kier alpha value is -3.38. The number of carbonyl (C=O) groups excluding carboxylic acids is 1. The summed E-state index contributed by atoms with van der Waals surface area (Å²) in [6.07, 6.45) is 1.62. The molecule has 1 N–H and O–H groups in total. The van der Waals surface area contributed by atoms with Gasteiger partial charge >= 0.3 is 0 Å². The molecule has 0 saturated carbocycles. The standard InChI is InChI=1S/C21H16N2O/c22-14-20(21(24)23-15-16-6-2-1-3-7-16)13-17-10-11-18-8-4-5-9-19(18)12-17/h1-13H,15H2,(H,23,24). The molecule has 0 fully saturated rings. The summed E-state index contributed by atoms with van der Waals surface area (Å²) < 4.78 is 0. The average molecular weight is 312 g/mol. The molecule has 0 unspecified atom stereocenters. The predicted molar refractivity (Wildman–Crippen MR) is 95.8 cm³/mol. The Morgan fingerprint density at radius 1 is 0.958 bits per heavy atom. The molecule has 116 valence electrons. The van der Waals surface area contributed by atoms with E-state index in [1.807, 2.05) is 78.9 Å². The summed E-state index contributed by atoms with van der Waals surface area (Å²) in [7, 11) is 0. The maximum atomic E-state index is 12.2. The second kappa shape index (κ2) is 7.26. The lowest BCUT2D eigenvalue weighted by Gasteiger charge is -2.05.